The molecule has 0 saturated carbocycles. The number of tetrazole rings is 1. The first-order chi connectivity index (χ1) is 7.61. The summed E-state index contributed by atoms with van der Waals surface area (Å²) in [5.41, 5.74) is -0.512. The Morgan fingerprint density at radius 1 is 1.56 bits per heavy atom. The topological polar surface area (TPSA) is 73.0 Å². The number of hydrogen-bond donors (Lipinski definition) is 0. The molecule has 1 aromatic heterocycles. The summed E-state index contributed by atoms with van der Waals surface area (Å²) in [5.74, 6) is 1.97. The van der Waals surface area contributed by atoms with E-state index in [4.69, 9.17) is 0 Å². The maximum Gasteiger partial charge on any atom is 0.372 e. The van der Waals surface area contributed by atoms with E-state index in [0.29, 0.717) is 0 Å². The minimum atomic E-state index is -0.512. The summed E-state index contributed by atoms with van der Waals surface area (Å²) < 4.78 is 1.83. The van der Waals surface area contributed by atoms with Gasteiger partial charge in [-0.15, -0.1) is 4.68 Å². The van der Waals surface area contributed by atoms with Crippen molar-refractivity contribution in [3.05, 3.63) is 10.5 Å². The molecule has 0 aromatic carbocycles. The van der Waals surface area contributed by atoms with Crippen LogP contribution in [0.25, 0.3) is 0 Å². The van der Waals surface area contributed by atoms with E-state index in [1.165, 1.54) is 7.05 Å². The maximum atomic E-state index is 11.9. The Balaban J connectivity index is 2.18. The number of carbonyl (C=O) groups is 1. The van der Waals surface area contributed by atoms with Gasteiger partial charge in [-0.3, -0.25) is 0 Å². The Hall–Kier alpha value is -1.31. The zero-order valence-corrected chi connectivity index (χ0v) is 9.98. The third-order valence-corrected chi connectivity index (χ3v) is 3.80. The zero-order chi connectivity index (χ0) is 11.7. The lowest BCUT2D eigenvalue weighted by Gasteiger charge is -2.22. The molecule has 88 valence electrons. The molecular weight excluding hydrogens is 230 g/mol. The molecule has 2 heterocycles. The van der Waals surface area contributed by atoms with E-state index < -0.39 is 11.7 Å². The van der Waals surface area contributed by atoms with Crippen LogP contribution < -0.4 is 5.69 Å². The molecule has 7 nitrogen and oxygen atoms in total. The van der Waals surface area contributed by atoms with Gasteiger partial charge in [0, 0.05) is 25.9 Å². The molecule has 1 aliphatic heterocycles. The zero-order valence-electron chi connectivity index (χ0n) is 9.16. The highest BCUT2D eigenvalue weighted by molar-refractivity contribution is 7.99. The Kier molecular flexibility index (Phi) is 2.99. The molecule has 0 bridgehead atoms. The monoisotopic (exact) mass is 243 g/mol. The molecule has 1 aromatic rings. The average Bonchev–Trinajstić information content (AvgIpc) is 2.89. The van der Waals surface area contributed by atoms with E-state index in [9.17, 15) is 9.59 Å². The van der Waals surface area contributed by atoms with E-state index in [1.54, 1.807) is 11.9 Å². The van der Waals surface area contributed by atoms with Crippen LogP contribution in [0, 0.1) is 0 Å². The third kappa shape index (κ3) is 1.84. The van der Waals surface area contributed by atoms with Crippen molar-refractivity contribution in [2.75, 3.05) is 18.6 Å². The lowest BCUT2D eigenvalue weighted by molar-refractivity contribution is 0.192. The van der Waals surface area contributed by atoms with Gasteiger partial charge in [0.1, 0.15) is 0 Å². The first-order valence-corrected chi connectivity index (χ1v) is 6.10. The van der Waals surface area contributed by atoms with Crippen LogP contribution in [-0.2, 0) is 7.05 Å². The maximum absolute atomic E-state index is 11.9. The summed E-state index contributed by atoms with van der Waals surface area (Å²) in [7, 11) is 3.16. The largest absolute Gasteiger partial charge is 0.372 e. The van der Waals surface area contributed by atoms with Gasteiger partial charge < -0.3 is 4.90 Å². The van der Waals surface area contributed by atoms with E-state index in [1.807, 2.05) is 11.8 Å². The van der Waals surface area contributed by atoms with Crippen LogP contribution in [0.5, 0.6) is 0 Å². The second-order valence-corrected chi connectivity index (χ2v) is 4.86. The summed E-state index contributed by atoms with van der Waals surface area (Å²) in [5, 5.41) is 7.04. The fourth-order valence-electron chi connectivity index (χ4n) is 1.57. The molecule has 0 spiro atoms. The van der Waals surface area contributed by atoms with Crippen LogP contribution in [-0.4, -0.2) is 55.3 Å². The van der Waals surface area contributed by atoms with Crippen molar-refractivity contribution in [2.24, 2.45) is 7.05 Å². The van der Waals surface area contributed by atoms with E-state index in [0.717, 1.165) is 27.3 Å². The van der Waals surface area contributed by atoms with Crippen molar-refractivity contribution in [1.29, 1.82) is 0 Å². The van der Waals surface area contributed by atoms with Gasteiger partial charge in [-0.1, -0.05) is 0 Å². The highest BCUT2D eigenvalue weighted by atomic mass is 32.2. The quantitative estimate of drug-likeness (QED) is 0.615. The van der Waals surface area contributed by atoms with Crippen LogP contribution >= 0.6 is 11.8 Å². The Morgan fingerprint density at radius 2 is 2.31 bits per heavy atom. The molecule has 1 atom stereocenters. The molecule has 2 rings (SSSR count). The van der Waals surface area contributed by atoms with Crippen molar-refractivity contribution in [3.63, 3.8) is 0 Å². The van der Waals surface area contributed by atoms with Crippen molar-refractivity contribution in [2.45, 2.75) is 12.5 Å². The van der Waals surface area contributed by atoms with Crippen molar-refractivity contribution >= 4 is 17.8 Å². The molecule has 1 unspecified atom stereocenters. The first kappa shape index (κ1) is 11.2. The van der Waals surface area contributed by atoms with E-state index in [2.05, 4.69) is 10.4 Å². The Labute approximate surface area is 96.4 Å². The van der Waals surface area contributed by atoms with Gasteiger partial charge in [0.25, 0.3) is 0 Å². The number of thioether (sulfide) groups is 1. The molecule has 1 aliphatic rings. The number of aromatic nitrogens is 4. The van der Waals surface area contributed by atoms with Crippen LogP contribution in [0.4, 0.5) is 4.79 Å². The molecule has 1 fully saturated rings. The number of carbonyl (C=O) groups excluding carboxylic acids is 1. The summed E-state index contributed by atoms with van der Waals surface area (Å²) in [6.45, 7) is 0. The lowest BCUT2D eigenvalue weighted by Crippen LogP contribution is -2.44. The fourth-order valence-corrected chi connectivity index (χ4v) is 2.83. The lowest BCUT2D eigenvalue weighted by atomic mass is 10.2. The number of rotatable bonds is 1. The molecule has 0 aliphatic carbocycles. The minimum Gasteiger partial charge on any atom is -0.322 e. The molecule has 1 saturated heterocycles. The van der Waals surface area contributed by atoms with Crippen LogP contribution in [0.1, 0.15) is 6.42 Å². The highest BCUT2D eigenvalue weighted by Crippen LogP contribution is 2.21. The number of amides is 1. The second kappa shape index (κ2) is 4.28. The molecule has 8 heteroatoms. The SMILES string of the molecule is CN(C(=O)n1nnn(C)c1=O)C1CCSC1. The molecule has 0 N–H and O–H groups in total. The van der Waals surface area contributed by atoms with Crippen LogP contribution in [0.3, 0.4) is 0 Å². The molecule has 16 heavy (non-hydrogen) atoms. The standard InChI is InChI=1S/C8H13N5O2S/c1-11(6-3-4-16-5-6)7(14)13-8(15)12(2)9-10-13/h6H,3-5H2,1-2H3. The number of nitrogens with zero attached hydrogens (tertiary/aromatic N) is 5. The summed E-state index contributed by atoms with van der Waals surface area (Å²) in [6, 6.07) is -0.225. The van der Waals surface area contributed by atoms with Gasteiger partial charge in [0.05, 0.1) is 0 Å². The summed E-state index contributed by atoms with van der Waals surface area (Å²) in [4.78, 5) is 25.0. The van der Waals surface area contributed by atoms with E-state index >= 15 is 0 Å². The van der Waals surface area contributed by atoms with Gasteiger partial charge in [-0.25, -0.2) is 9.59 Å². The predicted molar refractivity (Wildman–Crippen MR) is 59.6 cm³/mol. The van der Waals surface area contributed by atoms with Gasteiger partial charge in [-0.2, -0.15) is 16.4 Å². The molecule has 0 radical (unpaired) electrons. The van der Waals surface area contributed by atoms with Crippen LogP contribution in [0.2, 0.25) is 0 Å². The number of aryl methyl sites for hydroxylation is 1. The van der Waals surface area contributed by atoms with Crippen molar-refractivity contribution in [1.82, 2.24) is 24.7 Å². The first-order valence-electron chi connectivity index (χ1n) is 4.95. The van der Waals surface area contributed by atoms with Gasteiger partial charge >= 0.3 is 11.7 Å². The van der Waals surface area contributed by atoms with Crippen molar-refractivity contribution < 1.29 is 4.79 Å². The number of hydrogen-bond acceptors (Lipinski definition) is 5. The minimum absolute atomic E-state index is 0.186. The van der Waals surface area contributed by atoms with Gasteiger partial charge in [-0.05, 0) is 22.6 Å². The third-order valence-electron chi connectivity index (χ3n) is 2.66. The fraction of sp³-hybridized carbons (Fsp3) is 0.750. The molecule has 1 amide bonds. The van der Waals surface area contributed by atoms with E-state index in [-0.39, 0.29) is 6.04 Å². The predicted octanol–water partition coefficient (Wildman–Crippen LogP) is -0.618. The Morgan fingerprint density at radius 3 is 2.81 bits per heavy atom. The second-order valence-electron chi connectivity index (χ2n) is 3.71. The Bertz CT molecular complexity index is 448. The smallest absolute Gasteiger partial charge is 0.322 e. The van der Waals surface area contributed by atoms with Gasteiger partial charge in [0.2, 0.25) is 0 Å². The summed E-state index contributed by atoms with van der Waals surface area (Å²) >= 11 is 1.81. The van der Waals surface area contributed by atoms with Crippen LogP contribution in [0.15, 0.2) is 4.79 Å². The van der Waals surface area contributed by atoms with Crippen molar-refractivity contribution in [3.8, 4) is 0 Å². The highest BCUT2D eigenvalue weighted by Gasteiger charge is 2.26. The van der Waals surface area contributed by atoms with Gasteiger partial charge in [0.15, 0.2) is 0 Å². The molecular formula is C8H13N5O2S. The average molecular weight is 243 g/mol. The summed E-state index contributed by atoms with van der Waals surface area (Å²) in [6.07, 6.45) is 0.960. The normalized spacial score (nSPS) is 20.0.